The van der Waals surface area contributed by atoms with Gasteiger partial charge in [0.2, 0.25) is 0 Å². The van der Waals surface area contributed by atoms with Gasteiger partial charge in [-0.05, 0) is 34.1 Å². The minimum atomic E-state index is -0.505. The number of carbonyl (C=O) groups is 1. The van der Waals surface area contributed by atoms with Gasteiger partial charge in [0.05, 0.1) is 23.8 Å². The highest BCUT2D eigenvalue weighted by Gasteiger charge is 2.26. The van der Waals surface area contributed by atoms with Gasteiger partial charge in [-0.25, -0.2) is 19.3 Å². The number of anilines is 2. The lowest BCUT2D eigenvalue weighted by Gasteiger charge is -2.26. The summed E-state index contributed by atoms with van der Waals surface area (Å²) in [6, 6.07) is 1.64. The molecule has 0 radical (unpaired) electrons. The van der Waals surface area contributed by atoms with Crippen molar-refractivity contribution in [2.45, 2.75) is 45.7 Å². The van der Waals surface area contributed by atoms with Crippen molar-refractivity contribution < 1.29 is 9.18 Å². The summed E-state index contributed by atoms with van der Waals surface area (Å²) in [5, 5.41) is 6.27. The first kappa shape index (κ1) is 20.2. The molecule has 158 valence electrons. The number of aromatic nitrogens is 4. The molecule has 1 atom stereocenters. The van der Waals surface area contributed by atoms with Crippen LogP contribution in [0.2, 0.25) is 0 Å². The van der Waals surface area contributed by atoms with Crippen LogP contribution in [0.3, 0.4) is 0 Å². The van der Waals surface area contributed by atoms with Gasteiger partial charge in [0.15, 0.2) is 11.5 Å². The number of nitrogens with zero attached hydrogens (tertiary/aromatic N) is 5. The van der Waals surface area contributed by atoms with Gasteiger partial charge in [-0.2, -0.15) is 0 Å². The number of amides is 1. The van der Waals surface area contributed by atoms with Crippen LogP contribution in [-0.4, -0.2) is 49.9 Å². The maximum absolute atomic E-state index is 14.2. The standard InChI is InChI=1S/C21H26FN7O/c1-13-10-29-12-15(7-16(22)19(29)25-13)26-20(30)17-8-24-18(9-23-17)28-6-5-14(11-28)27-21(2,3)4/h7-10,12,14,27H,5-6,11H2,1-4H3,(H,26,30). The summed E-state index contributed by atoms with van der Waals surface area (Å²) < 4.78 is 15.7. The van der Waals surface area contributed by atoms with E-state index in [1.54, 1.807) is 29.9 Å². The van der Waals surface area contributed by atoms with Crippen LogP contribution in [-0.2, 0) is 0 Å². The molecule has 0 aliphatic carbocycles. The lowest BCUT2D eigenvalue weighted by atomic mass is 10.1. The molecule has 0 aromatic carbocycles. The maximum atomic E-state index is 14.2. The molecule has 4 heterocycles. The monoisotopic (exact) mass is 411 g/mol. The van der Waals surface area contributed by atoms with Crippen molar-refractivity contribution in [1.82, 2.24) is 24.7 Å². The van der Waals surface area contributed by atoms with E-state index in [0.29, 0.717) is 17.4 Å². The van der Waals surface area contributed by atoms with Crippen LogP contribution >= 0.6 is 0 Å². The van der Waals surface area contributed by atoms with E-state index in [1.807, 2.05) is 0 Å². The van der Waals surface area contributed by atoms with Crippen molar-refractivity contribution in [3.63, 3.8) is 0 Å². The second-order valence-corrected chi connectivity index (χ2v) is 8.73. The lowest BCUT2D eigenvalue weighted by molar-refractivity contribution is 0.102. The van der Waals surface area contributed by atoms with Crippen molar-refractivity contribution >= 4 is 23.1 Å². The average molecular weight is 411 g/mol. The molecule has 2 N–H and O–H groups in total. The van der Waals surface area contributed by atoms with E-state index in [2.05, 4.69) is 51.3 Å². The quantitative estimate of drug-likeness (QED) is 0.687. The summed E-state index contributed by atoms with van der Waals surface area (Å²) in [4.78, 5) is 27.5. The molecule has 30 heavy (non-hydrogen) atoms. The molecule has 0 bridgehead atoms. The Morgan fingerprint density at radius 2 is 2.03 bits per heavy atom. The summed E-state index contributed by atoms with van der Waals surface area (Å²) in [6.07, 6.45) is 7.40. The largest absolute Gasteiger partial charge is 0.354 e. The van der Waals surface area contributed by atoms with Crippen LogP contribution in [0.5, 0.6) is 0 Å². The zero-order valence-corrected chi connectivity index (χ0v) is 17.6. The fraction of sp³-hybridized carbons (Fsp3) is 0.429. The van der Waals surface area contributed by atoms with Crippen LogP contribution in [0.15, 0.2) is 30.9 Å². The van der Waals surface area contributed by atoms with Crippen LogP contribution in [0.1, 0.15) is 43.4 Å². The smallest absolute Gasteiger partial charge is 0.275 e. The lowest BCUT2D eigenvalue weighted by Crippen LogP contribution is -2.45. The molecule has 1 saturated heterocycles. The fourth-order valence-corrected chi connectivity index (χ4v) is 3.74. The third kappa shape index (κ3) is 4.40. The van der Waals surface area contributed by atoms with E-state index in [9.17, 15) is 9.18 Å². The van der Waals surface area contributed by atoms with Gasteiger partial charge in [-0.3, -0.25) is 4.79 Å². The zero-order valence-electron chi connectivity index (χ0n) is 17.6. The van der Waals surface area contributed by atoms with E-state index in [0.717, 1.165) is 25.3 Å². The molecule has 3 aromatic rings. The van der Waals surface area contributed by atoms with Gasteiger partial charge in [0.25, 0.3) is 5.91 Å². The van der Waals surface area contributed by atoms with Crippen LogP contribution in [0.25, 0.3) is 5.65 Å². The molecule has 1 unspecified atom stereocenters. The second-order valence-electron chi connectivity index (χ2n) is 8.73. The summed E-state index contributed by atoms with van der Waals surface area (Å²) in [5.41, 5.74) is 1.47. The molecule has 4 rings (SSSR count). The Bertz CT molecular complexity index is 1070. The molecule has 9 heteroatoms. The minimum absolute atomic E-state index is 0.0617. The minimum Gasteiger partial charge on any atom is -0.354 e. The molecule has 3 aromatic heterocycles. The third-order valence-corrected chi connectivity index (χ3v) is 4.90. The molecule has 1 amide bonds. The first-order valence-electron chi connectivity index (χ1n) is 9.99. The van der Waals surface area contributed by atoms with Gasteiger partial charge >= 0.3 is 0 Å². The SMILES string of the molecule is Cc1cn2cc(NC(=O)c3cnc(N4CCC(NC(C)(C)C)C4)cn3)cc(F)c2n1. The second kappa shape index (κ2) is 7.64. The third-order valence-electron chi connectivity index (χ3n) is 4.90. The number of pyridine rings is 1. The number of halogens is 1. The molecule has 0 saturated carbocycles. The van der Waals surface area contributed by atoms with Gasteiger partial charge in [-0.15, -0.1) is 0 Å². The molecular formula is C21H26FN7O. The zero-order chi connectivity index (χ0) is 21.5. The fourth-order valence-electron chi connectivity index (χ4n) is 3.74. The van der Waals surface area contributed by atoms with Crippen molar-refractivity contribution in [2.24, 2.45) is 0 Å². The number of hydrogen-bond donors (Lipinski definition) is 2. The van der Waals surface area contributed by atoms with E-state index in [4.69, 9.17) is 0 Å². The Kier molecular flexibility index (Phi) is 5.15. The highest BCUT2D eigenvalue weighted by Crippen LogP contribution is 2.20. The Balaban J connectivity index is 1.42. The average Bonchev–Trinajstić information content (AvgIpc) is 3.26. The van der Waals surface area contributed by atoms with E-state index in [1.165, 1.54) is 12.3 Å². The first-order chi connectivity index (χ1) is 14.2. The van der Waals surface area contributed by atoms with E-state index in [-0.39, 0.29) is 16.9 Å². The Morgan fingerprint density at radius 1 is 1.23 bits per heavy atom. The predicted molar refractivity (Wildman–Crippen MR) is 113 cm³/mol. The molecule has 1 aliphatic heterocycles. The van der Waals surface area contributed by atoms with Crippen LogP contribution in [0, 0.1) is 12.7 Å². The summed E-state index contributed by atoms with van der Waals surface area (Å²) in [5.74, 6) is -0.209. The predicted octanol–water partition coefficient (Wildman–Crippen LogP) is 2.79. The first-order valence-corrected chi connectivity index (χ1v) is 9.99. The van der Waals surface area contributed by atoms with Gasteiger partial charge in [0.1, 0.15) is 11.5 Å². The number of aryl methyl sites for hydroxylation is 1. The molecule has 1 fully saturated rings. The normalized spacial score (nSPS) is 17.0. The molecular weight excluding hydrogens is 385 g/mol. The molecule has 0 spiro atoms. The van der Waals surface area contributed by atoms with Crippen molar-refractivity contribution in [1.29, 1.82) is 0 Å². The number of hydrogen-bond acceptors (Lipinski definition) is 6. The van der Waals surface area contributed by atoms with Crippen LogP contribution < -0.4 is 15.5 Å². The number of imidazole rings is 1. The highest BCUT2D eigenvalue weighted by atomic mass is 19.1. The number of carbonyl (C=O) groups excluding carboxylic acids is 1. The van der Waals surface area contributed by atoms with Gasteiger partial charge in [-0.1, -0.05) is 0 Å². The number of rotatable bonds is 4. The number of fused-ring (bicyclic) bond motifs is 1. The van der Waals surface area contributed by atoms with E-state index < -0.39 is 11.7 Å². The van der Waals surface area contributed by atoms with Gasteiger partial charge < -0.3 is 19.9 Å². The summed E-state index contributed by atoms with van der Waals surface area (Å²) in [7, 11) is 0. The Hall–Kier alpha value is -3.07. The topological polar surface area (TPSA) is 87.5 Å². The van der Waals surface area contributed by atoms with Crippen molar-refractivity contribution in [3.05, 3.63) is 48.1 Å². The maximum Gasteiger partial charge on any atom is 0.275 e. The van der Waals surface area contributed by atoms with E-state index >= 15 is 0 Å². The highest BCUT2D eigenvalue weighted by molar-refractivity contribution is 6.02. The Morgan fingerprint density at radius 3 is 2.73 bits per heavy atom. The van der Waals surface area contributed by atoms with Gasteiger partial charge in [0, 0.05) is 43.1 Å². The van der Waals surface area contributed by atoms with Crippen molar-refractivity contribution in [3.8, 4) is 0 Å². The number of nitrogens with one attached hydrogen (secondary N) is 2. The van der Waals surface area contributed by atoms with Crippen molar-refractivity contribution in [2.75, 3.05) is 23.3 Å². The molecule has 8 nitrogen and oxygen atoms in total. The Labute approximate surface area is 174 Å². The molecule has 1 aliphatic rings. The van der Waals surface area contributed by atoms with Crippen LogP contribution in [0.4, 0.5) is 15.9 Å². The summed E-state index contributed by atoms with van der Waals surface area (Å²) >= 11 is 0. The summed E-state index contributed by atoms with van der Waals surface area (Å²) in [6.45, 7) is 9.98.